The van der Waals surface area contributed by atoms with Crippen LogP contribution >= 0.6 is 0 Å². The monoisotopic (exact) mass is 200 g/mol. The van der Waals surface area contributed by atoms with Crippen molar-refractivity contribution >= 4 is 0 Å². The van der Waals surface area contributed by atoms with Crippen molar-refractivity contribution in [1.29, 1.82) is 0 Å². The van der Waals surface area contributed by atoms with Crippen molar-refractivity contribution in [3.63, 3.8) is 0 Å². The van der Waals surface area contributed by atoms with Crippen LogP contribution in [0.25, 0.3) is 0 Å². The minimum absolute atomic E-state index is 0.0994. The zero-order valence-corrected chi connectivity index (χ0v) is 9.77. The van der Waals surface area contributed by atoms with Gasteiger partial charge in [-0.05, 0) is 30.6 Å². The Hall–Kier alpha value is -0.0800. The molecule has 0 bridgehead atoms. The zero-order chi connectivity index (χ0) is 10.9. The lowest BCUT2D eigenvalue weighted by molar-refractivity contribution is -0.0147. The minimum Gasteiger partial charge on any atom is -0.392 e. The molecule has 2 heteroatoms. The van der Waals surface area contributed by atoms with Crippen molar-refractivity contribution in [1.82, 2.24) is 0 Å². The number of hydrogen-bond acceptors (Lipinski definition) is 2. The van der Waals surface area contributed by atoms with Gasteiger partial charge in [-0.2, -0.15) is 0 Å². The predicted octanol–water partition coefficient (Wildman–Crippen LogP) is 2.05. The molecule has 0 heterocycles. The van der Waals surface area contributed by atoms with E-state index in [1.54, 1.807) is 0 Å². The van der Waals surface area contributed by atoms with Gasteiger partial charge in [-0.15, -0.1) is 0 Å². The van der Waals surface area contributed by atoms with Gasteiger partial charge in [0.05, 0.1) is 12.2 Å². The fraction of sp³-hybridized carbons (Fsp3) is 1.00. The maximum atomic E-state index is 10.1. The summed E-state index contributed by atoms with van der Waals surface area (Å²) < 4.78 is 0. The van der Waals surface area contributed by atoms with Crippen LogP contribution in [0, 0.1) is 23.7 Å². The smallest absolute Gasteiger partial charge is 0.0623 e. The number of hydrogen-bond donors (Lipinski definition) is 2. The Morgan fingerprint density at radius 2 is 1.50 bits per heavy atom. The number of aliphatic hydroxyl groups is 2. The van der Waals surface area contributed by atoms with Crippen molar-refractivity contribution < 1.29 is 10.2 Å². The molecular formula is C12H24O2. The van der Waals surface area contributed by atoms with Crippen LogP contribution in [-0.2, 0) is 0 Å². The molecule has 84 valence electrons. The first-order valence-corrected chi connectivity index (χ1v) is 5.81. The highest BCUT2D eigenvalue weighted by molar-refractivity contribution is 4.90. The Labute approximate surface area is 87.3 Å². The maximum Gasteiger partial charge on any atom is 0.0623 e. The summed E-state index contributed by atoms with van der Waals surface area (Å²) in [4.78, 5) is 0. The average molecular weight is 200 g/mol. The van der Waals surface area contributed by atoms with Crippen molar-refractivity contribution in [3.8, 4) is 0 Å². The summed E-state index contributed by atoms with van der Waals surface area (Å²) >= 11 is 0. The summed E-state index contributed by atoms with van der Waals surface area (Å²) in [6, 6.07) is 0. The second-order valence-corrected chi connectivity index (χ2v) is 5.37. The fourth-order valence-electron chi connectivity index (χ4n) is 2.64. The van der Waals surface area contributed by atoms with E-state index in [1.165, 1.54) is 0 Å². The van der Waals surface area contributed by atoms with Gasteiger partial charge in [-0.1, -0.05) is 27.7 Å². The third kappa shape index (κ3) is 2.29. The lowest BCUT2D eigenvalue weighted by Gasteiger charge is -2.27. The second kappa shape index (κ2) is 4.63. The number of aliphatic hydroxyl groups excluding tert-OH is 2. The van der Waals surface area contributed by atoms with Gasteiger partial charge in [0.1, 0.15) is 0 Å². The Balaban J connectivity index is 2.59. The molecular weight excluding hydrogens is 176 g/mol. The Kier molecular flexibility index (Phi) is 3.96. The van der Waals surface area contributed by atoms with E-state index in [0.29, 0.717) is 11.8 Å². The SMILES string of the molecule is CC(C)C(O)C1CCC(C(C)C)C1O. The Morgan fingerprint density at radius 3 is 1.86 bits per heavy atom. The van der Waals surface area contributed by atoms with Crippen LogP contribution in [-0.4, -0.2) is 22.4 Å². The third-order valence-corrected chi connectivity index (χ3v) is 3.69. The molecule has 0 spiro atoms. The van der Waals surface area contributed by atoms with Crippen molar-refractivity contribution in [3.05, 3.63) is 0 Å². The topological polar surface area (TPSA) is 40.5 Å². The minimum atomic E-state index is -0.339. The van der Waals surface area contributed by atoms with Gasteiger partial charge in [0, 0.05) is 5.92 Å². The third-order valence-electron chi connectivity index (χ3n) is 3.69. The second-order valence-electron chi connectivity index (χ2n) is 5.37. The van der Waals surface area contributed by atoms with Crippen LogP contribution < -0.4 is 0 Å². The molecule has 1 fully saturated rings. The van der Waals surface area contributed by atoms with E-state index in [2.05, 4.69) is 13.8 Å². The Bertz CT molecular complexity index is 177. The standard InChI is InChI=1S/C12H24O2/c1-7(2)9-5-6-10(12(9)14)11(13)8(3)4/h7-14H,5-6H2,1-4H3. The van der Waals surface area contributed by atoms with Crippen LogP contribution in [0.15, 0.2) is 0 Å². The molecule has 0 aliphatic heterocycles. The molecule has 0 aromatic carbocycles. The first-order chi connectivity index (χ1) is 6.45. The molecule has 1 aliphatic carbocycles. The van der Waals surface area contributed by atoms with E-state index in [0.717, 1.165) is 12.8 Å². The van der Waals surface area contributed by atoms with Crippen LogP contribution in [0.2, 0.25) is 0 Å². The first kappa shape index (κ1) is 12.0. The molecule has 14 heavy (non-hydrogen) atoms. The van der Waals surface area contributed by atoms with Gasteiger partial charge in [-0.3, -0.25) is 0 Å². The molecule has 4 atom stereocenters. The zero-order valence-electron chi connectivity index (χ0n) is 9.77. The fourth-order valence-corrected chi connectivity index (χ4v) is 2.64. The molecule has 0 amide bonds. The van der Waals surface area contributed by atoms with E-state index >= 15 is 0 Å². The lowest BCUT2D eigenvalue weighted by atomic mass is 9.86. The van der Waals surface area contributed by atoms with E-state index in [4.69, 9.17) is 0 Å². The molecule has 2 nitrogen and oxygen atoms in total. The number of rotatable bonds is 3. The largest absolute Gasteiger partial charge is 0.392 e. The van der Waals surface area contributed by atoms with E-state index < -0.39 is 0 Å². The van der Waals surface area contributed by atoms with Gasteiger partial charge in [0.25, 0.3) is 0 Å². The summed E-state index contributed by atoms with van der Waals surface area (Å²) in [6.07, 6.45) is 1.40. The highest BCUT2D eigenvalue weighted by Gasteiger charge is 2.40. The maximum absolute atomic E-state index is 10.1. The average Bonchev–Trinajstić information content (AvgIpc) is 2.45. The van der Waals surface area contributed by atoms with Crippen molar-refractivity contribution in [2.24, 2.45) is 23.7 Å². The molecule has 1 rings (SSSR count). The quantitative estimate of drug-likeness (QED) is 0.732. The van der Waals surface area contributed by atoms with Crippen LogP contribution in [0.4, 0.5) is 0 Å². The molecule has 0 radical (unpaired) electrons. The van der Waals surface area contributed by atoms with Gasteiger partial charge in [0.2, 0.25) is 0 Å². The summed E-state index contributed by atoms with van der Waals surface area (Å²) in [5.41, 5.74) is 0. The van der Waals surface area contributed by atoms with E-state index in [9.17, 15) is 10.2 Å². The molecule has 0 aromatic heterocycles. The molecule has 1 saturated carbocycles. The van der Waals surface area contributed by atoms with E-state index in [-0.39, 0.29) is 24.0 Å². The summed E-state index contributed by atoms with van der Waals surface area (Å²) in [7, 11) is 0. The van der Waals surface area contributed by atoms with Crippen LogP contribution in [0.1, 0.15) is 40.5 Å². The normalized spacial score (nSPS) is 35.6. The Morgan fingerprint density at radius 1 is 1.00 bits per heavy atom. The summed E-state index contributed by atoms with van der Waals surface area (Å²) in [6.45, 7) is 8.33. The highest BCUT2D eigenvalue weighted by Crippen LogP contribution is 2.39. The van der Waals surface area contributed by atoms with Crippen LogP contribution in [0.3, 0.4) is 0 Å². The van der Waals surface area contributed by atoms with Gasteiger partial charge < -0.3 is 10.2 Å². The summed E-state index contributed by atoms with van der Waals surface area (Å²) in [5.74, 6) is 1.26. The summed E-state index contributed by atoms with van der Waals surface area (Å²) in [5, 5.41) is 20.0. The van der Waals surface area contributed by atoms with Gasteiger partial charge in [-0.25, -0.2) is 0 Å². The van der Waals surface area contributed by atoms with Gasteiger partial charge in [0.15, 0.2) is 0 Å². The molecule has 0 saturated heterocycles. The van der Waals surface area contributed by atoms with Crippen LogP contribution in [0.5, 0.6) is 0 Å². The van der Waals surface area contributed by atoms with Gasteiger partial charge >= 0.3 is 0 Å². The molecule has 1 aliphatic rings. The van der Waals surface area contributed by atoms with Crippen molar-refractivity contribution in [2.75, 3.05) is 0 Å². The van der Waals surface area contributed by atoms with E-state index in [1.807, 2.05) is 13.8 Å². The van der Waals surface area contributed by atoms with Crippen molar-refractivity contribution in [2.45, 2.75) is 52.7 Å². The molecule has 4 unspecified atom stereocenters. The first-order valence-electron chi connectivity index (χ1n) is 5.81. The lowest BCUT2D eigenvalue weighted by Crippen LogP contribution is -2.35. The molecule has 0 aromatic rings. The highest BCUT2D eigenvalue weighted by atomic mass is 16.3. The molecule has 2 N–H and O–H groups in total. The predicted molar refractivity (Wildman–Crippen MR) is 57.9 cm³/mol.